The highest BCUT2D eigenvalue weighted by Crippen LogP contribution is 2.29. The van der Waals surface area contributed by atoms with Crippen molar-refractivity contribution in [2.24, 2.45) is 5.41 Å². The summed E-state index contributed by atoms with van der Waals surface area (Å²) < 4.78 is 11.0. The molecule has 2 saturated heterocycles. The van der Waals surface area contributed by atoms with E-state index in [0.29, 0.717) is 19.3 Å². The number of rotatable bonds is 6. The van der Waals surface area contributed by atoms with Crippen LogP contribution in [0.15, 0.2) is 0 Å². The van der Waals surface area contributed by atoms with Gasteiger partial charge >= 0.3 is 0 Å². The second-order valence-corrected chi connectivity index (χ2v) is 6.00. The molecular formula is C15H28N2O3. The van der Waals surface area contributed by atoms with Gasteiger partial charge in [0.1, 0.15) is 0 Å². The van der Waals surface area contributed by atoms with Crippen LogP contribution in [0.25, 0.3) is 0 Å². The predicted molar refractivity (Wildman–Crippen MR) is 77.6 cm³/mol. The van der Waals surface area contributed by atoms with E-state index in [1.165, 1.54) is 12.8 Å². The Kier molecular flexibility index (Phi) is 6.26. The fraction of sp³-hybridized carbons (Fsp3) is 0.933. The number of hydrogen-bond donors (Lipinski definition) is 2. The molecule has 20 heavy (non-hydrogen) atoms. The minimum atomic E-state index is -0.340. The summed E-state index contributed by atoms with van der Waals surface area (Å²) in [7, 11) is 1.67. The summed E-state index contributed by atoms with van der Waals surface area (Å²) in [5.74, 6) is 0.150. The van der Waals surface area contributed by atoms with Crippen molar-refractivity contribution in [3.8, 4) is 0 Å². The summed E-state index contributed by atoms with van der Waals surface area (Å²) in [6.07, 6.45) is 6.51. The molecule has 2 aliphatic rings. The molecule has 1 atom stereocenters. The van der Waals surface area contributed by atoms with Crippen molar-refractivity contribution in [2.75, 3.05) is 40.0 Å². The standard InChI is InChI=1S/C15H28N2O3/c1-19-12-15(6-9-16-10-7-15)14(18)17-8-5-13-4-2-3-11-20-13/h13,16H,2-12H2,1H3,(H,17,18). The van der Waals surface area contributed by atoms with Crippen LogP contribution < -0.4 is 10.6 Å². The molecule has 0 aromatic heterocycles. The fourth-order valence-corrected chi connectivity index (χ4v) is 3.19. The van der Waals surface area contributed by atoms with Crippen molar-refractivity contribution in [1.29, 1.82) is 0 Å². The van der Waals surface area contributed by atoms with Gasteiger partial charge in [0.15, 0.2) is 0 Å². The molecule has 0 saturated carbocycles. The van der Waals surface area contributed by atoms with Crippen LogP contribution in [-0.4, -0.2) is 52.0 Å². The van der Waals surface area contributed by atoms with Crippen molar-refractivity contribution in [3.63, 3.8) is 0 Å². The summed E-state index contributed by atoms with van der Waals surface area (Å²) in [4.78, 5) is 12.5. The monoisotopic (exact) mass is 284 g/mol. The van der Waals surface area contributed by atoms with E-state index in [4.69, 9.17) is 9.47 Å². The molecule has 1 unspecified atom stereocenters. The number of methoxy groups -OCH3 is 1. The van der Waals surface area contributed by atoms with Crippen LogP contribution in [0.5, 0.6) is 0 Å². The van der Waals surface area contributed by atoms with Crippen molar-refractivity contribution in [3.05, 3.63) is 0 Å². The zero-order chi connectivity index (χ0) is 14.3. The molecule has 2 fully saturated rings. The lowest BCUT2D eigenvalue weighted by atomic mass is 9.78. The van der Waals surface area contributed by atoms with Gasteiger partial charge in [-0.15, -0.1) is 0 Å². The maximum atomic E-state index is 12.5. The number of piperidine rings is 1. The molecule has 0 bridgehead atoms. The third-order valence-corrected chi connectivity index (χ3v) is 4.49. The van der Waals surface area contributed by atoms with Gasteiger partial charge < -0.3 is 20.1 Å². The summed E-state index contributed by atoms with van der Waals surface area (Å²) in [6, 6.07) is 0. The van der Waals surface area contributed by atoms with E-state index in [1.54, 1.807) is 7.11 Å². The molecule has 0 aromatic carbocycles. The summed E-state index contributed by atoms with van der Waals surface area (Å²) >= 11 is 0. The molecule has 5 nitrogen and oxygen atoms in total. The maximum absolute atomic E-state index is 12.5. The van der Waals surface area contributed by atoms with Gasteiger partial charge in [0.05, 0.1) is 18.1 Å². The minimum absolute atomic E-state index is 0.150. The fourth-order valence-electron chi connectivity index (χ4n) is 3.19. The van der Waals surface area contributed by atoms with Crippen LogP contribution in [0.2, 0.25) is 0 Å². The van der Waals surface area contributed by atoms with Crippen LogP contribution in [0.1, 0.15) is 38.5 Å². The molecule has 0 aromatic rings. The number of carbonyl (C=O) groups is 1. The van der Waals surface area contributed by atoms with E-state index in [-0.39, 0.29) is 11.3 Å². The second-order valence-electron chi connectivity index (χ2n) is 6.00. The highest BCUT2D eigenvalue weighted by molar-refractivity contribution is 5.83. The molecule has 2 aliphatic heterocycles. The number of ether oxygens (including phenoxy) is 2. The molecule has 0 spiro atoms. The van der Waals surface area contributed by atoms with E-state index < -0.39 is 0 Å². The highest BCUT2D eigenvalue weighted by atomic mass is 16.5. The van der Waals surface area contributed by atoms with Crippen LogP contribution in [-0.2, 0) is 14.3 Å². The lowest BCUT2D eigenvalue weighted by Crippen LogP contribution is -2.50. The van der Waals surface area contributed by atoms with Crippen molar-refractivity contribution in [2.45, 2.75) is 44.6 Å². The molecule has 2 N–H and O–H groups in total. The quantitative estimate of drug-likeness (QED) is 0.766. The Morgan fingerprint density at radius 2 is 2.20 bits per heavy atom. The van der Waals surface area contributed by atoms with Gasteiger partial charge in [0, 0.05) is 20.3 Å². The molecule has 0 aliphatic carbocycles. The Bertz CT molecular complexity index is 292. The molecule has 0 radical (unpaired) electrons. The smallest absolute Gasteiger partial charge is 0.228 e. The Labute approximate surface area is 121 Å². The number of nitrogens with one attached hydrogen (secondary N) is 2. The first-order valence-corrected chi connectivity index (χ1v) is 7.86. The molecule has 5 heteroatoms. The van der Waals surface area contributed by atoms with E-state index in [9.17, 15) is 4.79 Å². The second kappa shape index (κ2) is 7.96. The Balaban J connectivity index is 1.76. The van der Waals surface area contributed by atoms with Crippen LogP contribution in [0, 0.1) is 5.41 Å². The van der Waals surface area contributed by atoms with Gasteiger partial charge in [-0.3, -0.25) is 4.79 Å². The van der Waals surface area contributed by atoms with Gasteiger partial charge in [-0.1, -0.05) is 0 Å². The van der Waals surface area contributed by atoms with Crippen LogP contribution >= 0.6 is 0 Å². The first kappa shape index (κ1) is 15.7. The zero-order valence-electron chi connectivity index (χ0n) is 12.6. The largest absolute Gasteiger partial charge is 0.384 e. The van der Waals surface area contributed by atoms with Crippen molar-refractivity contribution in [1.82, 2.24) is 10.6 Å². The van der Waals surface area contributed by atoms with Crippen molar-refractivity contribution >= 4 is 5.91 Å². The van der Waals surface area contributed by atoms with Gasteiger partial charge in [0.25, 0.3) is 0 Å². The number of hydrogen-bond acceptors (Lipinski definition) is 4. The Morgan fingerprint density at radius 1 is 1.40 bits per heavy atom. The third-order valence-electron chi connectivity index (χ3n) is 4.49. The Hall–Kier alpha value is -0.650. The topological polar surface area (TPSA) is 59.6 Å². The first-order chi connectivity index (χ1) is 9.77. The molecule has 1 amide bonds. The number of carbonyl (C=O) groups excluding carboxylic acids is 1. The molecular weight excluding hydrogens is 256 g/mol. The summed E-state index contributed by atoms with van der Waals surface area (Å²) in [5, 5.41) is 6.40. The van der Waals surface area contributed by atoms with Crippen LogP contribution in [0.4, 0.5) is 0 Å². The maximum Gasteiger partial charge on any atom is 0.228 e. The first-order valence-electron chi connectivity index (χ1n) is 7.86. The molecule has 2 rings (SSSR count). The predicted octanol–water partition coefficient (Wildman–Crippen LogP) is 1.08. The van der Waals surface area contributed by atoms with E-state index >= 15 is 0 Å². The zero-order valence-corrected chi connectivity index (χ0v) is 12.6. The number of amides is 1. The third kappa shape index (κ3) is 4.17. The van der Waals surface area contributed by atoms with E-state index in [0.717, 1.165) is 45.4 Å². The van der Waals surface area contributed by atoms with Gasteiger partial charge in [-0.05, 0) is 51.6 Å². The molecule has 116 valence electrons. The van der Waals surface area contributed by atoms with E-state index in [1.807, 2.05) is 0 Å². The summed E-state index contributed by atoms with van der Waals surface area (Å²) in [5.41, 5.74) is -0.340. The van der Waals surface area contributed by atoms with Crippen molar-refractivity contribution < 1.29 is 14.3 Å². The highest BCUT2D eigenvalue weighted by Gasteiger charge is 2.39. The SMILES string of the molecule is COCC1(C(=O)NCCC2CCCCO2)CCNCC1. The summed E-state index contributed by atoms with van der Waals surface area (Å²) in [6.45, 7) is 3.88. The lowest BCUT2D eigenvalue weighted by molar-refractivity contribution is -0.136. The van der Waals surface area contributed by atoms with E-state index in [2.05, 4.69) is 10.6 Å². The van der Waals surface area contributed by atoms with Gasteiger partial charge in [-0.2, -0.15) is 0 Å². The minimum Gasteiger partial charge on any atom is -0.384 e. The lowest BCUT2D eigenvalue weighted by Gasteiger charge is -2.35. The van der Waals surface area contributed by atoms with Gasteiger partial charge in [-0.25, -0.2) is 0 Å². The average Bonchev–Trinajstić information content (AvgIpc) is 2.49. The normalized spacial score (nSPS) is 26.1. The Morgan fingerprint density at radius 3 is 2.85 bits per heavy atom. The average molecular weight is 284 g/mol. The molecule has 2 heterocycles. The van der Waals surface area contributed by atoms with Crippen LogP contribution in [0.3, 0.4) is 0 Å². The van der Waals surface area contributed by atoms with Gasteiger partial charge in [0.2, 0.25) is 5.91 Å².